The van der Waals surface area contributed by atoms with E-state index in [0.29, 0.717) is 34.1 Å². The molecule has 1 aromatic heterocycles. The predicted octanol–water partition coefficient (Wildman–Crippen LogP) is 4.03. The highest BCUT2D eigenvalue weighted by Crippen LogP contribution is 2.47. The van der Waals surface area contributed by atoms with Gasteiger partial charge in [-0.05, 0) is 23.5 Å². The number of nitrogens with zero attached hydrogens (tertiary/aromatic N) is 1. The van der Waals surface area contributed by atoms with Crippen LogP contribution in [0.25, 0.3) is 5.70 Å². The van der Waals surface area contributed by atoms with Gasteiger partial charge in [0.2, 0.25) is 5.95 Å². The maximum Gasteiger partial charge on any atom is 0.258 e. The van der Waals surface area contributed by atoms with Crippen molar-refractivity contribution in [3.8, 4) is 0 Å². The van der Waals surface area contributed by atoms with Crippen LogP contribution in [0.5, 0.6) is 0 Å². The van der Waals surface area contributed by atoms with Crippen LogP contribution >= 0.6 is 0 Å². The van der Waals surface area contributed by atoms with Crippen LogP contribution < -0.4 is 16.6 Å². The van der Waals surface area contributed by atoms with Crippen molar-refractivity contribution in [2.45, 2.75) is 32.1 Å². The van der Waals surface area contributed by atoms with E-state index in [0.717, 1.165) is 17.5 Å². The first kappa shape index (κ1) is 18.4. The number of Topliss-reactive ketones (excluding diaryl/α,β-unsaturated/α-hetero) is 1. The number of H-pyrrole nitrogens is 1. The third-order valence-electron chi connectivity index (χ3n) is 6.20. The lowest BCUT2D eigenvalue weighted by molar-refractivity contribution is 0.103. The number of hydrogen-bond donors (Lipinski definition) is 3. The van der Waals surface area contributed by atoms with Gasteiger partial charge in [-0.1, -0.05) is 62.4 Å². The van der Waals surface area contributed by atoms with Gasteiger partial charge in [0, 0.05) is 22.6 Å². The number of aromatic amines is 1. The fourth-order valence-corrected chi connectivity index (χ4v) is 4.42. The Morgan fingerprint density at radius 1 is 1.07 bits per heavy atom. The molecule has 30 heavy (non-hydrogen) atoms. The average Bonchev–Trinajstić information content (AvgIpc) is 3.04. The molecule has 5 rings (SSSR count). The molecule has 0 saturated carbocycles. The maximum absolute atomic E-state index is 13.4. The van der Waals surface area contributed by atoms with Crippen molar-refractivity contribution < 1.29 is 4.79 Å². The largest absolute Gasteiger partial charge is 0.369 e. The molecule has 0 bridgehead atoms. The number of nitrogens with two attached hydrogens (primary N) is 1. The average molecular weight is 398 g/mol. The lowest BCUT2D eigenvalue weighted by Gasteiger charge is -2.27. The first-order valence-electron chi connectivity index (χ1n) is 10.1. The second kappa shape index (κ2) is 6.69. The number of benzene rings is 2. The molecule has 6 nitrogen and oxygen atoms in total. The van der Waals surface area contributed by atoms with Gasteiger partial charge in [0.1, 0.15) is 5.82 Å². The van der Waals surface area contributed by atoms with E-state index in [9.17, 15) is 9.59 Å². The molecule has 1 aliphatic heterocycles. The summed E-state index contributed by atoms with van der Waals surface area (Å²) in [6.07, 6.45) is 1.04. The van der Waals surface area contributed by atoms with Gasteiger partial charge in [-0.25, -0.2) is 0 Å². The van der Waals surface area contributed by atoms with Crippen LogP contribution in [0.15, 0.2) is 58.9 Å². The van der Waals surface area contributed by atoms with Gasteiger partial charge in [-0.2, -0.15) is 4.98 Å². The lowest BCUT2D eigenvalue weighted by atomic mass is 9.81. The van der Waals surface area contributed by atoms with Gasteiger partial charge < -0.3 is 11.1 Å². The number of carbonyl (C=O) groups is 1. The quantitative estimate of drug-likeness (QED) is 0.618. The molecule has 0 fully saturated rings. The van der Waals surface area contributed by atoms with Gasteiger partial charge in [-0.3, -0.25) is 14.6 Å². The normalized spacial score (nSPS) is 17.8. The van der Waals surface area contributed by atoms with Crippen LogP contribution in [0, 0.1) is 0 Å². The standard InChI is InChI=1S/C24H22N4O2/c1-3-12(2)13-8-10-14(11-9-13)17-18-20(15-6-4-5-7-16(15)21(18)29)26-22-19(17)23(30)28-24(25)27-22/h4-12,17H,3H2,1-2H3,(H4,25,26,27,28,30). The Balaban J connectivity index is 1.74. The summed E-state index contributed by atoms with van der Waals surface area (Å²) in [4.78, 5) is 33.2. The molecule has 6 heteroatoms. The summed E-state index contributed by atoms with van der Waals surface area (Å²) < 4.78 is 0. The molecule has 3 aromatic rings. The molecule has 150 valence electrons. The highest BCUT2D eigenvalue weighted by Gasteiger charge is 2.41. The van der Waals surface area contributed by atoms with Crippen molar-refractivity contribution in [2.24, 2.45) is 0 Å². The minimum Gasteiger partial charge on any atom is -0.369 e. The van der Waals surface area contributed by atoms with Crippen molar-refractivity contribution >= 4 is 23.2 Å². The van der Waals surface area contributed by atoms with Gasteiger partial charge in [0.15, 0.2) is 5.78 Å². The molecule has 0 radical (unpaired) electrons. The fraction of sp³-hybridized carbons (Fsp3) is 0.208. The molecule has 2 aliphatic rings. The Morgan fingerprint density at radius 3 is 2.47 bits per heavy atom. The van der Waals surface area contributed by atoms with Crippen molar-refractivity contribution in [2.75, 3.05) is 11.1 Å². The maximum atomic E-state index is 13.4. The second-order valence-electron chi connectivity index (χ2n) is 7.91. The SMILES string of the molecule is CCC(C)c1ccc(C2C3=C(Nc4nc(N)[nH]c(=O)c42)c2ccccc2C3=O)cc1. The number of hydrogen-bond acceptors (Lipinski definition) is 5. The zero-order valence-electron chi connectivity index (χ0n) is 16.8. The van der Waals surface area contributed by atoms with Gasteiger partial charge in [0.25, 0.3) is 5.56 Å². The highest BCUT2D eigenvalue weighted by atomic mass is 16.1. The molecular weight excluding hydrogens is 376 g/mol. The Bertz CT molecular complexity index is 1270. The fourth-order valence-electron chi connectivity index (χ4n) is 4.42. The van der Waals surface area contributed by atoms with Gasteiger partial charge in [-0.15, -0.1) is 0 Å². The number of rotatable bonds is 3. The van der Waals surface area contributed by atoms with Crippen LogP contribution in [0.1, 0.15) is 64.7 Å². The summed E-state index contributed by atoms with van der Waals surface area (Å²) in [5, 5.41) is 3.21. The number of nitrogens with one attached hydrogen (secondary N) is 2. The van der Waals surface area contributed by atoms with Crippen molar-refractivity contribution in [1.29, 1.82) is 0 Å². The zero-order chi connectivity index (χ0) is 21.0. The van der Waals surface area contributed by atoms with E-state index >= 15 is 0 Å². The van der Waals surface area contributed by atoms with Gasteiger partial charge >= 0.3 is 0 Å². The smallest absolute Gasteiger partial charge is 0.258 e. The monoisotopic (exact) mass is 398 g/mol. The Kier molecular flexibility index (Phi) is 4.10. The van der Waals surface area contributed by atoms with E-state index in [2.05, 4.69) is 41.3 Å². The van der Waals surface area contributed by atoms with Crippen LogP contribution in [0.3, 0.4) is 0 Å². The van der Waals surface area contributed by atoms with Gasteiger partial charge in [0.05, 0.1) is 11.3 Å². The van der Waals surface area contributed by atoms with E-state index in [1.54, 1.807) is 0 Å². The van der Waals surface area contributed by atoms with Crippen LogP contribution in [0.2, 0.25) is 0 Å². The Morgan fingerprint density at radius 2 is 1.77 bits per heavy atom. The van der Waals surface area contributed by atoms with Crippen molar-refractivity contribution in [1.82, 2.24) is 9.97 Å². The predicted molar refractivity (Wildman–Crippen MR) is 118 cm³/mol. The number of nitrogen functional groups attached to an aromatic ring is 1. The molecule has 2 heterocycles. The third kappa shape index (κ3) is 2.60. The number of ketones is 1. The highest BCUT2D eigenvalue weighted by molar-refractivity contribution is 6.23. The Labute approximate surface area is 173 Å². The number of carbonyl (C=O) groups excluding carboxylic acids is 1. The van der Waals surface area contributed by atoms with E-state index < -0.39 is 5.92 Å². The number of fused-ring (bicyclic) bond motifs is 3. The zero-order valence-corrected chi connectivity index (χ0v) is 16.8. The van der Waals surface area contributed by atoms with Crippen molar-refractivity contribution in [3.05, 3.63) is 92.3 Å². The number of aromatic nitrogens is 2. The molecule has 2 unspecified atom stereocenters. The molecule has 1 aliphatic carbocycles. The molecule has 2 atom stereocenters. The van der Waals surface area contributed by atoms with E-state index in [1.807, 2.05) is 36.4 Å². The number of anilines is 2. The summed E-state index contributed by atoms with van der Waals surface area (Å²) in [5.41, 5.74) is 10.7. The minimum atomic E-state index is -0.515. The van der Waals surface area contributed by atoms with Crippen molar-refractivity contribution in [3.63, 3.8) is 0 Å². The Hall–Kier alpha value is -3.67. The van der Waals surface area contributed by atoms with Crippen LogP contribution in [-0.4, -0.2) is 15.8 Å². The minimum absolute atomic E-state index is 0.0405. The second-order valence-corrected chi connectivity index (χ2v) is 7.91. The third-order valence-corrected chi connectivity index (χ3v) is 6.20. The molecule has 4 N–H and O–H groups in total. The first-order valence-corrected chi connectivity index (χ1v) is 10.1. The molecule has 0 saturated heterocycles. The summed E-state index contributed by atoms with van der Waals surface area (Å²) in [6, 6.07) is 15.7. The topological polar surface area (TPSA) is 101 Å². The van der Waals surface area contributed by atoms with E-state index in [4.69, 9.17) is 5.73 Å². The number of allylic oxidation sites excluding steroid dienone is 1. The summed E-state index contributed by atoms with van der Waals surface area (Å²) in [5.74, 6) is 0.301. The first-order chi connectivity index (χ1) is 14.5. The summed E-state index contributed by atoms with van der Waals surface area (Å²) >= 11 is 0. The lowest BCUT2D eigenvalue weighted by Crippen LogP contribution is -2.28. The van der Waals surface area contributed by atoms with E-state index in [1.165, 1.54) is 5.56 Å². The molecule has 0 spiro atoms. The summed E-state index contributed by atoms with van der Waals surface area (Å²) in [7, 11) is 0. The van der Waals surface area contributed by atoms with E-state index in [-0.39, 0.29) is 17.3 Å². The van der Waals surface area contributed by atoms with Crippen LogP contribution in [0.4, 0.5) is 11.8 Å². The summed E-state index contributed by atoms with van der Waals surface area (Å²) in [6.45, 7) is 4.34. The molecular formula is C24H22N4O2. The molecule has 0 amide bonds. The van der Waals surface area contributed by atoms with Crippen LogP contribution in [-0.2, 0) is 0 Å². The molecule has 2 aromatic carbocycles.